The molecular weight excluding hydrogens is 332 g/mol. The molecule has 24 heavy (non-hydrogen) atoms. The fourth-order valence-corrected chi connectivity index (χ4v) is 5.60. The molecule has 3 fully saturated rings. The number of carbonyl (C=O) groups excluding carboxylic acids is 1. The second-order valence-electron chi connectivity index (χ2n) is 7.54. The molecule has 1 amide bonds. The largest absolute Gasteiger partial charge is 0.369 e. The summed E-state index contributed by atoms with van der Waals surface area (Å²) in [5, 5.41) is -0.435. The minimum absolute atomic E-state index is 0.00170. The van der Waals surface area contributed by atoms with Gasteiger partial charge in [0.25, 0.3) is 0 Å². The van der Waals surface area contributed by atoms with Crippen molar-refractivity contribution in [2.24, 2.45) is 0 Å². The predicted octanol–water partition coefficient (Wildman–Crippen LogP) is -0.0982. The van der Waals surface area contributed by atoms with Crippen molar-refractivity contribution in [1.29, 1.82) is 0 Å². The van der Waals surface area contributed by atoms with Gasteiger partial charge in [-0.05, 0) is 39.8 Å². The Morgan fingerprint density at radius 1 is 1.29 bits per heavy atom. The maximum atomic E-state index is 12.6. The number of nitrogens with zero attached hydrogens (tertiary/aromatic N) is 2. The van der Waals surface area contributed by atoms with Crippen molar-refractivity contribution in [1.82, 2.24) is 9.80 Å². The molecule has 3 aliphatic rings. The van der Waals surface area contributed by atoms with Crippen LogP contribution in [0.3, 0.4) is 0 Å². The van der Waals surface area contributed by atoms with Gasteiger partial charge in [-0.3, -0.25) is 4.79 Å². The van der Waals surface area contributed by atoms with Crippen LogP contribution in [0, 0.1) is 0 Å². The third kappa shape index (κ3) is 3.92. The fraction of sp³-hybridized carbons (Fsp3) is 0.938. The summed E-state index contributed by atoms with van der Waals surface area (Å²) >= 11 is 0. The van der Waals surface area contributed by atoms with Gasteiger partial charge in [-0.15, -0.1) is 0 Å². The molecule has 3 heterocycles. The number of hydrogen-bond acceptors (Lipinski definition) is 6. The minimum atomic E-state index is -3.19. The van der Waals surface area contributed by atoms with Gasteiger partial charge < -0.3 is 19.3 Å². The minimum Gasteiger partial charge on any atom is -0.369 e. The highest BCUT2D eigenvalue weighted by Gasteiger charge is 2.53. The highest BCUT2D eigenvalue weighted by molar-refractivity contribution is 7.92. The molecule has 3 rings (SSSR count). The monoisotopic (exact) mass is 360 g/mol. The molecule has 0 aliphatic carbocycles. The number of rotatable bonds is 5. The van der Waals surface area contributed by atoms with E-state index in [0.29, 0.717) is 19.6 Å². The van der Waals surface area contributed by atoms with Gasteiger partial charge in [-0.1, -0.05) is 0 Å². The quantitative estimate of drug-likeness (QED) is 0.682. The van der Waals surface area contributed by atoms with Crippen molar-refractivity contribution < 1.29 is 22.7 Å². The zero-order valence-corrected chi connectivity index (χ0v) is 15.4. The number of ether oxygens (including phenoxy) is 2. The molecule has 0 aromatic carbocycles. The smallest absolute Gasteiger partial charge is 0.248 e. The molecule has 1 atom stereocenters. The normalized spacial score (nSPS) is 29.1. The van der Waals surface area contributed by atoms with Gasteiger partial charge in [0, 0.05) is 6.54 Å². The molecule has 0 bridgehead atoms. The van der Waals surface area contributed by atoms with E-state index in [0.717, 1.165) is 25.9 Å². The molecule has 0 saturated carbocycles. The van der Waals surface area contributed by atoms with Gasteiger partial charge in [-0.25, -0.2) is 8.42 Å². The lowest BCUT2D eigenvalue weighted by Gasteiger charge is -2.52. The first kappa shape index (κ1) is 18.1. The van der Waals surface area contributed by atoms with Crippen LogP contribution in [0.2, 0.25) is 0 Å². The van der Waals surface area contributed by atoms with Crippen molar-refractivity contribution in [2.45, 2.75) is 43.6 Å². The topological polar surface area (TPSA) is 76.2 Å². The van der Waals surface area contributed by atoms with E-state index >= 15 is 0 Å². The molecule has 0 radical (unpaired) electrons. The molecule has 3 saturated heterocycles. The Kier molecular flexibility index (Phi) is 5.20. The molecule has 8 heteroatoms. The Hall–Kier alpha value is -0.700. The van der Waals surface area contributed by atoms with Crippen molar-refractivity contribution in [3.63, 3.8) is 0 Å². The Balaban J connectivity index is 1.51. The summed E-state index contributed by atoms with van der Waals surface area (Å²) in [5.74, 6) is -0.0811. The average Bonchev–Trinajstić information content (AvgIpc) is 2.97. The van der Waals surface area contributed by atoms with Gasteiger partial charge in [0.2, 0.25) is 5.91 Å². The molecular formula is C16H28N2O5S. The van der Waals surface area contributed by atoms with Crippen molar-refractivity contribution in [3.05, 3.63) is 0 Å². The van der Waals surface area contributed by atoms with E-state index in [1.165, 1.54) is 0 Å². The Morgan fingerprint density at radius 3 is 2.54 bits per heavy atom. The standard InChI is InChI=1S/C16H28N2O5S/c1-13(2)22-9-15(19)18-10-16(11-18)12-24(20,21)14(8-23-16)7-17-5-3-4-6-17/h13-14H,3-12H2,1-2H3/t14-/m0/s1. The van der Waals surface area contributed by atoms with Crippen molar-refractivity contribution >= 4 is 15.7 Å². The second kappa shape index (κ2) is 6.90. The zero-order chi connectivity index (χ0) is 17.4. The number of sulfone groups is 1. The Labute approximate surface area is 144 Å². The first-order valence-corrected chi connectivity index (χ1v) is 10.5. The number of hydrogen-bond donors (Lipinski definition) is 0. The van der Waals surface area contributed by atoms with Crippen LogP contribution in [0.4, 0.5) is 0 Å². The summed E-state index contributed by atoms with van der Waals surface area (Å²) in [7, 11) is -3.19. The van der Waals surface area contributed by atoms with Crippen molar-refractivity contribution in [2.75, 3.05) is 51.7 Å². The van der Waals surface area contributed by atoms with Crippen LogP contribution in [0.5, 0.6) is 0 Å². The second-order valence-corrected chi connectivity index (χ2v) is 9.82. The Morgan fingerprint density at radius 2 is 1.96 bits per heavy atom. The lowest BCUT2D eigenvalue weighted by atomic mass is 9.95. The summed E-state index contributed by atoms with van der Waals surface area (Å²) < 4.78 is 36.5. The molecule has 138 valence electrons. The lowest BCUT2D eigenvalue weighted by molar-refractivity contribution is -0.170. The van der Waals surface area contributed by atoms with Gasteiger partial charge in [0.15, 0.2) is 9.84 Å². The van der Waals surface area contributed by atoms with E-state index in [1.807, 2.05) is 13.8 Å². The zero-order valence-electron chi connectivity index (χ0n) is 14.6. The molecule has 7 nitrogen and oxygen atoms in total. The molecule has 0 aromatic heterocycles. The highest BCUT2D eigenvalue weighted by Crippen LogP contribution is 2.33. The highest BCUT2D eigenvalue weighted by atomic mass is 32.2. The van der Waals surface area contributed by atoms with Crippen LogP contribution in [0.1, 0.15) is 26.7 Å². The van der Waals surface area contributed by atoms with E-state index in [-0.39, 0.29) is 31.0 Å². The SMILES string of the molecule is CC(C)OCC(=O)N1CC2(C1)CS(=O)(=O)[C@@H](CN1CCCC1)CO2. The van der Waals surface area contributed by atoms with E-state index in [4.69, 9.17) is 9.47 Å². The third-order valence-corrected chi connectivity index (χ3v) is 7.29. The Bertz CT molecular complexity index is 565. The van der Waals surface area contributed by atoms with Crippen LogP contribution < -0.4 is 0 Å². The first-order chi connectivity index (χ1) is 11.3. The van der Waals surface area contributed by atoms with E-state index in [1.54, 1.807) is 4.90 Å². The fourth-order valence-electron chi connectivity index (χ4n) is 3.66. The van der Waals surface area contributed by atoms with E-state index in [2.05, 4.69) is 4.90 Å². The molecule has 3 aliphatic heterocycles. The molecule has 1 spiro atoms. The van der Waals surface area contributed by atoms with Crippen LogP contribution in [0.15, 0.2) is 0 Å². The maximum absolute atomic E-state index is 12.6. The molecule has 0 aromatic rings. The summed E-state index contributed by atoms with van der Waals surface area (Å²) in [6.45, 7) is 7.27. The summed E-state index contributed by atoms with van der Waals surface area (Å²) in [5.41, 5.74) is -0.701. The predicted molar refractivity (Wildman–Crippen MR) is 89.6 cm³/mol. The van der Waals surface area contributed by atoms with Crippen LogP contribution >= 0.6 is 0 Å². The van der Waals surface area contributed by atoms with Gasteiger partial charge >= 0.3 is 0 Å². The average molecular weight is 360 g/mol. The van der Waals surface area contributed by atoms with Gasteiger partial charge in [0.05, 0.1) is 36.8 Å². The van der Waals surface area contributed by atoms with Crippen LogP contribution in [-0.2, 0) is 24.1 Å². The summed E-state index contributed by atoms with van der Waals surface area (Å²) in [4.78, 5) is 15.8. The van der Waals surface area contributed by atoms with Gasteiger partial charge in [-0.2, -0.15) is 0 Å². The number of carbonyl (C=O) groups is 1. The third-order valence-electron chi connectivity index (χ3n) is 5.06. The van der Waals surface area contributed by atoms with Crippen molar-refractivity contribution in [3.8, 4) is 0 Å². The summed E-state index contributed by atoms with van der Waals surface area (Å²) in [6, 6.07) is 0. The van der Waals surface area contributed by atoms with Gasteiger partial charge in [0.1, 0.15) is 12.2 Å². The number of likely N-dealkylation sites (tertiary alicyclic amines) is 2. The summed E-state index contributed by atoms with van der Waals surface area (Å²) in [6.07, 6.45) is 2.29. The molecule has 0 N–H and O–H groups in total. The first-order valence-electron chi connectivity index (χ1n) is 8.77. The van der Waals surface area contributed by atoms with E-state index in [9.17, 15) is 13.2 Å². The van der Waals surface area contributed by atoms with Crippen LogP contribution in [0.25, 0.3) is 0 Å². The van der Waals surface area contributed by atoms with E-state index < -0.39 is 20.7 Å². The number of amides is 1. The maximum Gasteiger partial charge on any atom is 0.248 e. The van der Waals surface area contributed by atoms with Crippen LogP contribution in [-0.4, -0.2) is 92.8 Å². The molecule has 0 unspecified atom stereocenters. The lowest BCUT2D eigenvalue weighted by Crippen LogP contribution is -2.71.